The molecule has 6 nitrogen and oxygen atoms in total. The second-order valence-corrected chi connectivity index (χ2v) is 8.11. The van der Waals surface area contributed by atoms with Crippen molar-refractivity contribution in [1.82, 2.24) is 9.88 Å². The summed E-state index contributed by atoms with van der Waals surface area (Å²) >= 11 is 1.65. The van der Waals surface area contributed by atoms with Crippen LogP contribution in [0.2, 0.25) is 0 Å². The van der Waals surface area contributed by atoms with Gasteiger partial charge in [0.25, 0.3) is 0 Å². The molecule has 0 aliphatic heterocycles. The molecule has 28 heavy (non-hydrogen) atoms. The number of hydrogen-bond donors (Lipinski definition) is 2. The van der Waals surface area contributed by atoms with Gasteiger partial charge in [0.1, 0.15) is 5.01 Å². The number of carbonyl (C=O) groups is 2. The largest absolute Gasteiger partial charge is 0.369 e. The molecule has 146 valence electrons. The normalized spacial score (nSPS) is 11.3. The minimum Gasteiger partial charge on any atom is -0.369 e. The summed E-state index contributed by atoms with van der Waals surface area (Å²) in [5, 5.41) is 3.81. The Hall–Kier alpha value is -2.77. The second-order valence-electron chi connectivity index (χ2n) is 7.08. The van der Waals surface area contributed by atoms with Gasteiger partial charge in [-0.1, -0.05) is 6.07 Å². The van der Waals surface area contributed by atoms with Crippen molar-refractivity contribution in [1.29, 1.82) is 0 Å². The number of benzene rings is 2. The molecule has 0 unspecified atom stereocenters. The van der Waals surface area contributed by atoms with Crippen LogP contribution < -0.4 is 11.1 Å². The lowest BCUT2D eigenvalue weighted by molar-refractivity contribution is -0.121. The molecule has 1 aromatic heterocycles. The zero-order valence-corrected chi connectivity index (χ0v) is 17.0. The Morgan fingerprint density at radius 3 is 2.50 bits per heavy atom. The smallest absolute Gasteiger partial charge is 0.238 e. The van der Waals surface area contributed by atoms with Crippen LogP contribution in [0.15, 0.2) is 42.5 Å². The highest BCUT2D eigenvalue weighted by atomic mass is 32.1. The van der Waals surface area contributed by atoms with Gasteiger partial charge in [-0.15, -0.1) is 11.3 Å². The Morgan fingerprint density at radius 1 is 1.14 bits per heavy atom. The van der Waals surface area contributed by atoms with E-state index in [0.29, 0.717) is 5.69 Å². The second kappa shape index (κ2) is 8.50. The Balaban J connectivity index is 1.68. The maximum atomic E-state index is 12.3. The predicted molar refractivity (Wildman–Crippen MR) is 114 cm³/mol. The van der Waals surface area contributed by atoms with Gasteiger partial charge in [-0.2, -0.15) is 0 Å². The fourth-order valence-electron chi connectivity index (χ4n) is 2.86. The van der Waals surface area contributed by atoms with E-state index in [1.165, 1.54) is 5.56 Å². The van der Waals surface area contributed by atoms with Crippen LogP contribution in [0.25, 0.3) is 20.8 Å². The van der Waals surface area contributed by atoms with E-state index in [0.717, 1.165) is 20.8 Å². The van der Waals surface area contributed by atoms with Gasteiger partial charge in [0.15, 0.2) is 0 Å². The molecule has 0 aliphatic carbocycles. The molecule has 2 aromatic carbocycles. The average Bonchev–Trinajstić information content (AvgIpc) is 3.04. The van der Waals surface area contributed by atoms with E-state index in [1.807, 2.05) is 44.2 Å². The minimum absolute atomic E-state index is 0.0447. The Kier molecular flexibility index (Phi) is 6.06. The van der Waals surface area contributed by atoms with Gasteiger partial charge >= 0.3 is 0 Å². The molecule has 3 rings (SSSR count). The number of nitrogens with zero attached hydrogens (tertiary/aromatic N) is 2. The van der Waals surface area contributed by atoms with Crippen LogP contribution >= 0.6 is 11.3 Å². The molecule has 3 aromatic rings. The summed E-state index contributed by atoms with van der Waals surface area (Å²) in [6, 6.07) is 13.9. The number of amides is 2. The highest BCUT2D eigenvalue weighted by molar-refractivity contribution is 7.21. The molecule has 2 amide bonds. The van der Waals surface area contributed by atoms with Crippen LogP contribution in [-0.4, -0.2) is 40.8 Å². The lowest BCUT2D eigenvalue weighted by Crippen LogP contribution is -2.43. The molecule has 0 saturated heterocycles. The molecule has 0 spiro atoms. The van der Waals surface area contributed by atoms with Gasteiger partial charge < -0.3 is 11.1 Å². The van der Waals surface area contributed by atoms with Crippen molar-refractivity contribution >= 4 is 39.1 Å². The zero-order chi connectivity index (χ0) is 20.3. The van der Waals surface area contributed by atoms with E-state index in [1.54, 1.807) is 16.2 Å². The Labute approximate surface area is 168 Å². The van der Waals surface area contributed by atoms with Crippen LogP contribution in [0.5, 0.6) is 0 Å². The Morgan fingerprint density at radius 2 is 1.86 bits per heavy atom. The van der Waals surface area contributed by atoms with Gasteiger partial charge in [0.2, 0.25) is 11.8 Å². The van der Waals surface area contributed by atoms with Crippen molar-refractivity contribution in [3.8, 4) is 10.6 Å². The molecule has 0 atom stereocenters. The van der Waals surface area contributed by atoms with Crippen LogP contribution in [0.1, 0.15) is 19.4 Å². The van der Waals surface area contributed by atoms with Gasteiger partial charge in [-0.05, 0) is 62.7 Å². The number of aryl methyl sites for hydroxylation is 1. The van der Waals surface area contributed by atoms with E-state index in [9.17, 15) is 9.59 Å². The molecular formula is C21H24N4O2S. The number of primary amides is 1. The van der Waals surface area contributed by atoms with Gasteiger partial charge in [0.05, 0.1) is 23.3 Å². The van der Waals surface area contributed by atoms with Crippen LogP contribution in [0.4, 0.5) is 5.69 Å². The summed E-state index contributed by atoms with van der Waals surface area (Å²) in [5.41, 5.74) is 9.17. The number of anilines is 1. The SMILES string of the molecule is Cc1ccc2nc(-c3ccc(NC(=O)CN(CC(N)=O)C(C)C)cc3)sc2c1. The highest BCUT2D eigenvalue weighted by Crippen LogP contribution is 2.31. The number of nitrogens with two attached hydrogens (primary N) is 1. The summed E-state index contributed by atoms with van der Waals surface area (Å²) in [6.07, 6.45) is 0. The standard InChI is InChI=1S/C21H24N4O2S/c1-13(2)25(11-19(22)26)12-20(27)23-16-7-5-15(6-8-16)21-24-17-9-4-14(3)10-18(17)28-21/h4-10,13H,11-12H2,1-3H3,(H2,22,26)(H,23,27). The monoisotopic (exact) mass is 396 g/mol. The first-order chi connectivity index (χ1) is 13.3. The van der Waals surface area contributed by atoms with Crippen LogP contribution in [0, 0.1) is 6.92 Å². The van der Waals surface area contributed by atoms with Gasteiger partial charge in [0, 0.05) is 17.3 Å². The van der Waals surface area contributed by atoms with E-state index in [2.05, 4.69) is 29.4 Å². The van der Waals surface area contributed by atoms with Crippen LogP contribution in [0.3, 0.4) is 0 Å². The quantitative estimate of drug-likeness (QED) is 0.641. The molecule has 0 fully saturated rings. The topological polar surface area (TPSA) is 88.3 Å². The lowest BCUT2D eigenvalue weighted by atomic mass is 10.2. The number of aromatic nitrogens is 1. The number of carbonyl (C=O) groups excluding carboxylic acids is 2. The first-order valence-electron chi connectivity index (χ1n) is 9.11. The summed E-state index contributed by atoms with van der Waals surface area (Å²) in [5.74, 6) is -0.630. The highest BCUT2D eigenvalue weighted by Gasteiger charge is 2.16. The maximum absolute atomic E-state index is 12.3. The third-order valence-electron chi connectivity index (χ3n) is 4.40. The summed E-state index contributed by atoms with van der Waals surface area (Å²) in [4.78, 5) is 29.9. The summed E-state index contributed by atoms with van der Waals surface area (Å²) < 4.78 is 1.16. The molecule has 0 bridgehead atoms. The number of thiazole rings is 1. The van der Waals surface area contributed by atoms with E-state index >= 15 is 0 Å². The van der Waals surface area contributed by atoms with E-state index < -0.39 is 5.91 Å². The van der Waals surface area contributed by atoms with Gasteiger partial charge in [-0.3, -0.25) is 14.5 Å². The van der Waals surface area contributed by atoms with Crippen LogP contribution in [-0.2, 0) is 9.59 Å². The number of nitrogens with one attached hydrogen (secondary N) is 1. The molecule has 7 heteroatoms. The minimum atomic E-state index is -0.447. The van der Waals surface area contributed by atoms with Gasteiger partial charge in [-0.25, -0.2) is 4.98 Å². The summed E-state index contributed by atoms with van der Waals surface area (Å²) in [6.45, 7) is 6.08. The average molecular weight is 397 g/mol. The number of fused-ring (bicyclic) bond motifs is 1. The molecule has 1 heterocycles. The molecule has 0 radical (unpaired) electrons. The molecule has 0 saturated carbocycles. The lowest BCUT2D eigenvalue weighted by Gasteiger charge is -2.24. The predicted octanol–water partition coefficient (Wildman–Crippen LogP) is 3.41. The number of hydrogen-bond acceptors (Lipinski definition) is 5. The summed E-state index contributed by atoms with van der Waals surface area (Å²) in [7, 11) is 0. The van der Waals surface area contributed by atoms with E-state index in [-0.39, 0.29) is 25.0 Å². The van der Waals surface area contributed by atoms with Crippen molar-refractivity contribution in [2.45, 2.75) is 26.8 Å². The molecule has 0 aliphatic rings. The third kappa shape index (κ3) is 4.94. The first-order valence-corrected chi connectivity index (χ1v) is 9.93. The van der Waals surface area contributed by atoms with Crippen molar-refractivity contribution in [3.63, 3.8) is 0 Å². The van der Waals surface area contributed by atoms with Crippen molar-refractivity contribution in [3.05, 3.63) is 48.0 Å². The third-order valence-corrected chi connectivity index (χ3v) is 5.46. The fraction of sp³-hybridized carbons (Fsp3) is 0.286. The first kappa shape index (κ1) is 20.0. The maximum Gasteiger partial charge on any atom is 0.238 e. The fourth-order valence-corrected chi connectivity index (χ4v) is 3.93. The molecular weight excluding hydrogens is 372 g/mol. The van der Waals surface area contributed by atoms with E-state index in [4.69, 9.17) is 5.73 Å². The van der Waals surface area contributed by atoms with Crippen molar-refractivity contribution < 1.29 is 9.59 Å². The number of rotatable bonds is 7. The Bertz CT molecular complexity index is 995. The van der Waals surface area contributed by atoms with Crippen molar-refractivity contribution in [2.24, 2.45) is 5.73 Å². The van der Waals surface area contributed by atoms with Crippen molar-refractivity contribution in [2.75, 3.05) is 18.4 Å². The molecule has 3 N–H and O–H groups in total. The zero-order valence-electron chi connectivity index (χ0n) is 16.2.